The normalized spacial score (nSPS) is 26.9. The lowest BCUT2D eigenvalue weighted by Crippen LogP contribution is -2.45. The van der Waals surface area contributed by atoms with Gasteiger partial charge < -0.3 is 5.11 Å². The molecule has 0 aromatic heterocycles. The maximum atomic E-state index is 10.0. The zero-order valence-electron chi connectivity index (χ0n) is 10.2. The van der Waals surface area contributed by atoms with Crippen LogP contribution in [0.5, 0.6) is 0 Å². The quantitative estimate of drug-likeness (QED) is 0.825. The molecule has 0 spiro atoms. The Morgan fingerprint density at radius 3 is 2.62 bits per heavy atom. The highest BCUT2D eigenvalue weighted by atomic mass is 16.3. The van der Waals surface area contributed by atoms with Gasteiger partial charge in [0.25, 0.3) is 0 Å². The molecule has 1 atom stereocenters. The fourth-order valence-electron chi connectivity index (χ4n) is 2.41. The number of aliphatic hydroxyl groups is 1. The molecule has 1 aromatic carbocycles. The minimum atomic E-state index is -0.497. The van der Waals surface area contributed by atoms with Crippen LogP contribution in [0.1, 0.15) is 30.9 Å². The van der Waals surface area contributed by atoms with E-state index in [0.717, 1.165) is 32.5 Å². The summed E-state index contributed by atoms with van der Waals surface area (Å²) in [5, 5.41) is 10.0. The number of hydrogen-bond donors (Lipinski definition) is 1. The van der Waals surface area contributed by atoms with Crippen LogP contribution in [-0.4, -0.2) is 28.7 Å². The Morgan fingerprint density at radius 1 is 1.31 bits per heavy atom. The van der Waals surface area contributed by atoms with E-state index < -0.39 is 5.60 Å². The van der Waals surface area contributed by atoms with Crippen molar-refractivity contribution in [1.82, 2.24) is 4.90 Å². The fraction of sp³-hybridized carbons (Fsp3) is 0.571. The second-order valence-corrected chi connectivity index (χ2v) is 5.30. The Kier molecular flexibility index (Phi) is 3.31. The summed E-state index contributed by atoms with van der Waals surface area (Å²) in [5.74, 6) is 0. The van der Waals surface area contributed by atoms with Gasteiger partial charge in [0.1, 0.15) is 0 Å². The molecule has 0 aliphatic carbocycles. The van der Waals surface area contributed by atoms with Crippen molar-refractivity contribution in [1.29, 1.82) is 0 Å². The van der Waals surface area contributed by atoms with Gasteiger partial charge in [-0.15, -0.1) is 0 Å². The minimum Gasteiger partial charge on any atom is -0.389 e. The zero-order valence-corrected chi connectivity index (χ0v) is 10.2. The summed E-state index contributed by atoms with van der Waals surface area (Å²) in [6.45, 7) is 6.89. The van der Waals surface area contributed by atoms with Crippen LogP contribution in [0.15, 0.2) is 24.3 Å². The summed E-state index contributed by atoms with van der Waals surface area (Å²) in [6.07, 6.45) is 2.02. The van der Waals surface area contributed by atoms with Crippen LogP contribution in [-0.2, 0) is 6.54 Å². The molecule has 88 valence electrons. The number of hydrogen-bond acceptors (Lipinski definition) is 2. The highest BCUT2D eigenvalue weighted by Gasteiger charge is 2.27. The van der Waals surface area contributed by atoms with Crippen LogP contribution in [0.3, 0.4) is 0 Å². The van der Waals surface area contributed by atoms with Crippen molar-refractivity contribution in [2.75, 3.05) is 13.1 Å². The van der Waals surface area contributed by atoms with Gasteiger partial charge in [-0.25, -0.2) is 0 Å². The number of piperidine rings is 1. The Bertz CT molecular complexity index is 342. The van der Waals surface area contributed by atoms with Crippen molar-refractivity contribution in [2.24, 2.45) is 0 Å². The molecule has 0 amide bonds. The topological polar surface area (TPSA) is 23.5 Å². The van der Waals surface area contributed by atoms with Gasteiger partial charge in [0.2, 0.25) is 0 Å². The molecule has 1 saturated heterocycles. The van der Waals surface area contributed by atoms with Crippen molar-refractivity contribution in [3.8, 4) is 0 Å². The highest BCUT2D eigenvalue weighted by Crippen LogP contribution is 2.21. The van der Waals surface area contributed by atoms with Crippen LogP contribution < -0.4 is 0 Å². The van der Waals surface area contributed by atoms with Gasteiger partial charge in [-0.1, -0.05) is 29.8 Å². The third kappa shape index (κ3) is 3.06. The van der Waals surface area contributed by atoms with E-state index in [9.17, 15) is 5.11 Å². The van der Waals surface area contributed by atoms with E-state index in [-0.39, 0.29) is 0 Å². The van der Waals surface area contributed by atoms with Crippen molar-refractivity contribution >= 4 is 0 Å². The molecule has 1 heterocycles. The predicted molar refractivity (Wildman–Crippen MR) is 66.3 cm³/mol. The second-order valence-electron chi connectivity index (χ2n) is 5.30. The first-order valence-electron chi connectivity index (χ1n) is 6.05. The molecule has 16 heavy (non-hydrogen) atoms. The number of rotatable bonds is 2. The molecule has 0 saturated carbocycles. The number of nitrogens with zero attached hydrogens (tertiary/aromatic N) is 1. The average Bonchev–Trinajstić information content (AvgIpc) is 2.20. The zero-order chi connectivity index (χ0) is 11.6. The smallest absolute Gasteiger partial charge is 0.0746 e. The van der Waals surface area contributed by atoms with Crippen molar-refractivity contribution in [3.63, 3.8) is 0 Å². The first-order chi connectivity index (χ1) is 7.55. The van der Waals surface area contributed by atoms with Crippen LogP contribution in [0.25, 0.3) is 0 Å². The molecular weight excluding hydrogens is 198 g/mol. The van der Waals surface area contributed by atoms with E-state index in [1.165, 1.54) is 11.1 Å². The third-order valence-electron chi connectivity index (χ3n) is 3.28. The fourth-order valence-corrected chi connectivity index (χ4v) is 2.41. The average molecular weight is 219 g/mol. The highest BCUT2D eigenvalue weighted by molar-refractivity contribution is 5.21. The third-order valence-corrected chi connectivity index (χ3v) is 3.28. The molecule has 1 fully saturated rings. The van der Waals surface area contributed by atoms with E-state index in [1.54, 1.807) is 0 Å². The largest absolute Gasteiger partial charge is 0.389 e. The van der Waals surface area contributed by atoms with Gasteiger partial charge in [-0.3, -0.25) is 4.90 Å². The van der Waals surface area contributed by atoms with Crippen LogP contribution >= 0.6 is 0 Å². The molecule has 1 aliphatic heterocycles. The van der Waals surface area contributed by atoms with Gasteiger partial charge in [-0.05, 0) is 38.8 Å². The lowest BCUT2D eigenvalue weighted by atomic mass is 9.95. The van der Waals surface area contributed by atoms with E-state index in [4.69, 9.17) is 0 Å². The first-order valence-corrected chi connectivity index (χ1v) is 6.05. The molecule has 0 radical (unpaired) electrons. The monoisotopic (exact) mass is 219 g/mol. The lowest BCUT2D eigenvalue weighted by Gasteiger charge is -2.36. The Balaban J connectivity index is 1.97. The van der Waals surface area contributed by atoms with Crippen LogP contribution in [0.4, 0.5) is 0 Å². The van der Waals surface area contributed by atoms with Gasteiger partial charge in [-0.2, -0.15) is 0 Å². The van der Waals surface area contributed by atoms with E-state index >= 15 is 0 Å². The number of aryl methyl sites for hydroxylation is 1. The summed E-state index contributed by atoms with van der Waals surface area (Å²) >= 11 is 0. The minimum absolute atomic E-state index is 0.497. The van der Waals surface area contributed by atoms with E-state index in [1.807, 2.05) is 6.92 Å². The second kappa shape index (κ2) is 4.56. The maximum absolute atomic E-state index is 10.0. The standard InChI is InChI=1S/C14H21NO/c1-12-4-6-13(7-5-12)10-15-9-3-8-14(2,16)11-15/h4-7,16H,3,8-11H2,1-2H3. The molecule has 2 rings (SSSR count). The number of likely N-dealkylation sites (tertiary alicyclic amines) is 1. The maximum Gasteiger partial charge on any atom is 0.0746 e. The summed E-state index contributed by atoms with van der Waals surface area (Å²) in [6, 6.07) is 8.66. The Morgan fingerprint density at radius 2 is 2.00 bits per heavy atom. The molecule has 2 nitrogen and oxygen atoms in total. The summed E-state index contributed by atoms with van der Waals surface area (Å²) < 4.78 is 0. The van der Waals surface area contributed by atoms with Gasteiger partial charge in [0.05, 0.1) is 5.60 Å². The molecule has 2 heteroatoms. The van der Waals surface area contributed by atoms with E-state index in [2.05, 4.69) is 36.1 Å². The van der Waals surface area contributed by atoms with Gasteiger partial charge in [0.15, 0.2) is 0 Å². The number of benzene rings is 1. The predicted octanol–water partition coefficient (Wildman–Crippen LogP) is 2.34. The Labute approximate surface area is 97.9 Å². The van der Waals surface area contributed by atoms with Gasteiger partial charge in [0, 0.05) is 13.1 Å². The van der Waals surface area contributed by atoms with Crippen molar-refractivity contribution < 1.29 is 5.11 Å². The lowest BCUT2D eigenvalue weighted by molar-refractivity contribution is -0.0181. The summed E-state index contributed by atoms with van der Waals surface area (Å²) in [7, 11) is 0. The van der Waals surface area contributed by atoms with Gasteiger partial charge >= 0.3 is 0 Å². The summed E-state index contributed by atoms with van der Waals surface area (Å²) in [4.78, 5) is 2.34. The first kappa shape index (κ1) is 11.6. The molecular formula is C14H21NO. The number of β-amino-alcohol motifs (C(OH)–C–C–N with tert-alkyl or cyclic N) is 1. The molecule has 1 N–H and O–H groups in total. The van der Waals surface area contributed by atoms with Crippen molar-refractivity contribution in [2.45, 2.75) is 38.8 Å². The molecule has 1 aromatic rings. The van der Waals surface area contributed by atoms with E-state index in [0.29, 0.717) is 0 Å². The molecule has 1 aliphatic rings. The van der Waals surface area contributed by atoms with Crippen LogP contribution in [0, 0.1) is 6.92 Å². The SMILES string of the molecule is Cc1ccc(CN2CCCC(C)(O)C2)cc1. The summed E-state index contributed by atoms with van der Waals surface area (Å²) in [5.41, 5.74) is 2.14. The van der Waals surface area contributed by atoms with Crippen LogP contribution in [0.2, 0.25) is 0 Å². The van der Waals surface area contributed by atoms with Crippen molar-refractivity contribution in [3.05, 3.63) is 35.4 Å². The Hall–Kier alpha value is -0.860. The molecule has 0 bridgehead atoms. The molecule has 1 unspecified atom stereocenters.